The summed E-state index contributed by atoms with van der Waals surface area (Å²) < 4.78 is 225. The van der Waals surface area contributed by atoms with Crippen LogP contribution in [0.4, 0.5) is 52.7 Å². The van der Waals surface area contributed by atoms with E-state index in [0.717, 1.165) is 119 Å². The molecule has 2 aromatic heterocycles. The molecule has 704 valence electrons. The van der Waals surface area contributed by atoms with Crippen LogP contribution in [-0.2, 0) is 29.8 Å². The van der Waals surface area contributed by atoms with Crippen molar-refractivity contribution in [2.75, 3.05) is 14.2 Å². The van der Waals surface area contributed by atoms with E-state index in [4.69, 9.17) is 46.7 Å². The number of hydrogen-bond acceptors (Lipinski definition) is 14. The Bertz CT molecular complexity index is 4300. The molecule has 26 heteroatoms. The Morgan fingerprint density at radius 1 is 0.242 bits per heavy atom. The van der Waals surface area contributed by atoms with E-state index in [9.17, 15) is 52.7 Å². The van der Waals surface area contributed by atoms with Crippen molar-refractivity contribution in [3.63, 3.8) is 0 Å². The molecule has 0 saturated carbocycles. The highest BCUT2D eigenvalue weighted by atomic mass is 19.4. The fourth-order valence-electron chi connectivity index (χ4n) is 10.3. The molecule has 4 aliphatic rings. The second kappa shape index (κ2) is 57.9. The van der Waals surface area contributed by atoms with Gasteiger partial charge in [0.05, 0.1) is 63.1 Å². The first-order valence-electron chi connectivity index (χ1n) is 42.8. The van der Waals surface area contributed by atoms with Crippen molar-refractivity contribution in [3.8, 4) is 80.3 Å². The first-order valence-corrected chi connectivity index (χ1v) is 42.8. The van der Waals surface area contributed by atoms with Gasteiger partial charge in [-0.3, -0.25) is 0 Å². The van der Waals surface area contributed by atoms with E-state index in [1.54, 1.807) is 48.5 Å². The first kappa shape index (κ1) is 115. The molecule has 0 amide bonds. The number of halogens is 12. The van der Waals surface area contributed by atoms with Crippen LogP contribution < -0.4 is 18.9 Å². The molecular weight excluding hydrogens is 1670 g/mol. The number of nitrogens with zero attached hydrogens (tertiary/aromatic N) is 4. The van der Waals surface area contributed by atoms with Crippen molar-refractivity contribution in [3.05, 3.63) is 276 Å². The monoisotopic (exact) mass is 1800 g/mol. The van der Waals surface area contributed by atoms with E-state index < -0.39 is 57.8 Å². The van der Waals surface area contributed by atoms with Crippen LogP contribution in [0.15, 0.2) is 252 Å². The molecule has 4 fully saturated rings. The van der Waals surface area contributed by atoms with Gasteiger partial charge in [0.2, 0.25) is 34.4 Å². The van der Waals surface area contributed by atoms with E-state index in [0.29, 0.717) is 71.7 Å². The number of methoxy groups -OCH3 is 2. The maximum absolute atomic E-state index is 14.4. The maximum atomic E-state index is 14.4. The molecule has 0 radical (unpaired) electrons. The van der Waals surface area contributed by atoms with E-state index >= 15 is 0 Å². The average Bonchev–Trinajstić information content (AvgIpc) is 1.23. The van der Waals surface area contributed by atoms with Gasteiger partial charge in [0.25, 0.3) is 0 Å². The van der Waals surface area contributed by atoms with Crippen LogP contribution in [0.3, 0.4) is 0 Å². The second-order valence-corrected chi connectivity index (χ2v) is 27.7. The van der Waals surface area contributed by atoms with Crippen molar-refractivity contribution in [2.24, 2.45) is 0 Å². The molecule has 8 unspecified atom stereocenters. The molecule has 0 aliphatic carbocycles. The topological polar surface area (TPSA) is 165 Å². The normalized spacial score (nSPS) is 17.1. The quantitative estimate of drug-likeness (QED) is 0.0573. The maximum Gasteiger partial charge on any atom is 0.411 e. The fourth-order valence-corrected chi connectivity index (χ4v) is 10.3. The zero-order valence-electron chi connectivity index (χ0n) is 79.1. The number of aryl methyl sites for hydroxylation is 2. The van der Waals surface area contributed by atoms with Gasteiger partial charge in [0.1, 0.15) is 34.5 Å². The van der Waals surface area contributed by atoms with Gasteiger partial charge in [0, 0.05) is 22.3 Å². The molecule has 4 saturated heterocycles. The zero-order valence-corrected chi connectivity index (χ0v) is 79.1. The Morgan fingerprint density at radius 2 is 0.383 bits per heavy atom. The lowest BCUT2D eigenvalue weighted by Gasteiger charge is -2.38. The van der Waals surface area contributed by atoms with E-state index in [-0.39, 0.29) is 46.3 Å². The highest BCUT2D eigenvalue weighted by Gasteiger charge is 2.74. The Labute approximate surface area is 751 Å². The minimum absolute atomic E-state index is 0.0407. The number of allylic oxidation sites excluding steroid dienone is 8. The molecule has 4 aliphatic heterocycles. The third kappa shape index (κ3) is 36.4. The Hall–Kier alpha value is -10.8. The third-order valence-corrected chi connectivity index (χ3v) is 18.8. The summed E-state index contributed by atoms with van der Waals surface area (Å²) in [5, 5.41) is 16.2. The highest BCUT2D eigenvalue weighted by Crippen LogP contribution is 2.58. The molecule has 0 spiro atoms. The van der Waals surface area contributed by atoms with E-state index in [1.165, 1.54) is 14.2 Å². The molecule has 8 aromatic carbocycles. The molecule has 14 nitrogen and oxygen atoms in total. The smallest absolute Gasteiger partial charge is 0.411 e. The van der Waals surface area contributed by atoms with Crippen LogP contribution >= 0.6 is 0 Å². The number of benzene rings is 8. The van der Waals surface area contributed by atoms with Crippen LogP contribution in [0.5, 0.6) is 34.5 Å². The Kier molecular flexibility index (Phi) is 52.1. The number of ether oxygens (including phenoxy) is 8. The number of alkyl halides is 12. The van der Waals surface area contributed by atoms with Crippen molar-refractivity contribution in [1.29, 1.82) is 0 Å². The Balaban J connectivity index is 0.000000871. The van der Waals surface area contributed by atoms with Crippen molar-refractivity contribution in [2.45, 2.75) is 264 Å². The molecule has 6 heterocycles. The van der Waals surface area contributed by atoms with Gasteiger partial charge < -0.3 is 46.7 Å². The third-order valence-electron chi connectivity index (χ3n) is 18.8. The summed E-state index contributed by atoms with van der Waals surface area (Å²) in [5.41, 5.74) is -7.66. The highest BCUT2D eigenvalue weighted by molar-refractivity contribution is 5.61. The number of rotatable bonds is 14. The standard InChI is InChI=1S/2C31H22F6N2O3.4C4H8O.4C4H8.4C2H6/c2*1-19-3-5-20(6-4-19)27-38-39-28(42-27)21-7-13-25(14-8-21)41-26-17-11-23(12-18-26)29(30(32,33)34,31(35,36)37)22-9-15-24(40-2)16-10-22;4*1-3-4(2)5-3;4*1-3-4-2;4*1-2/h2*3-18H,1-2H3;4*3-4H,1-2H3;4*3-4H,1-2H3;4*1-2H3/b;;;;;;4*4-3+;;;;. The summed E-state index contributed by atoms with van der Waals surface area (Å²) in [6, 6.07) is 42.5. The van der Waals surface area contributed by atoms with Gasteiger partial charge in [-0.05, 0) is 268 Å². The SMILES string of the molecule is C/C=C/C.C/C=C/C.C/C=C/C.C/C=C/C.CC.CC.CC.CC.CC1OC1C.CC1OC1C.CC1OC1C.CC1OC1C.COc1ccc(C(c2ccc(Oc3ccc(-c4nnc(-c5ccc(C)cc5)o4)cc3)cc2)(C(F)(F)F)C(F)(F)F)cc1.COc1ccc(C(c2ccc(Oc3ccc(-c4nnc(-c5ccc(C)cc5)o4)cc3)cc2)(C(F)(F)F)C(F)(F)F)cc1. The summed E-state index contributed by atoms with van der Waals surface area (Å²) in [5.74, 6) is 2.11. The number of hydrogen-bond donors (Lipinski definition) is 0. The zero-order chi connectivity index (χ0) is 97.3. The molecule has 10 aromatic rings. The fraction of sp³-hybridized carbons (Fsp3) is 0.412. The largest absolute Gasteiger partial charge is 0.497 e. The van der Waals surface area contributed by atoms with Crippen LogP contribution in [0.25, 0.3) is 45.8 Å². The van der Waals surface area contributed by atoms with Crippen LogP contribution in [0.2, 0.25) is 0 Å². The summed E-state index contributed by atoms with van der Waals surface area (Å²) in [6.45, 7) is 52.5. The minimum Gasteiger partial charge on any atom is -0.497 e. The lowest BCUT2D eigenvalue weighted by atomic mass is 9.73. The first-order chi connectivity index (χ1) is 60.7. The molecule has 0 N–H and O–H groups in total. The lowest BCUT2D eigenvalue weighted by Crippen LogP contribution is -2.54. The predicted octanol–water partition coefficient (Wildman–Crippen LogP) is 31.5. The predicted molar refractivity (Wildman–Crippen MR) is 492 cm³/mol. The van der Waals surface area contributed by atoms with Crippen LogP contribution in [0.1, 0.15) is 200 Å². The van der Waals surface area contributed by atoms with Crippen molar-refractivity contribution >= 4 is 0 Å². The van der Waals surface area contributed by atoms with Gasteiger partial charge in [-0.1, -0.05) is 188 Å². The van der Waals surface area contributed by atoms with E-state index in [2.05, 4.69) is 75.8 Å². The molecule has 14 rings (SSSR count). The van der Waals surface area contributed by atoms with Gasteiger partial charge in [-0.25, -0.2) is 0 Å². The van der Waals surface area contributed by atoms with Gasteiger partial charge in [0.15, 0.2) is 0 Å². The lowest BCUT2D eigenvalue weighted by molar-refractivity contribution is -0.290. The van der Waals surface area contributed by atoms with Gasteiger partial charge in [-0.15, -0.1) is 20.4 Å². The Morgan fingerprint density at radius 3 is 0.516 bits per heavy atom. The van der Waals surface area contributed by atoms with Gasteiger partial charge in [-0.2, -0.15) is 52.7 Å². The summed E-state index contributed by atoms with van der Waals surface area (Å²) >= 11 is 0. The molecule has 8 atom stereocenters. The second-order valence-electron chi connectivity index (χ2n) is 27.7. The minimum atomic E-state index is -5.70. The van der Waals surface area contributed by atoms with Crippen molar-refractivity contribution < 1.29 is 99.4 Å². The molecular formula is C102H132F12N4O10. The molecule has 0 bridgehead atoms. The summed E-state index contributed by atoms with van der Waals surface area (Å²) in [4.78, 5) is 0. The summed E-state index contributed by atoms with van der Waals surface area (Å²) in [7, 11) is 2.52. The van der Waals surface area contributed by atoms with Crippen LogP contribution in [-0.4, -0.2) is 108 Å². The average molecular weight is 1800 g/mol. The molecule has 128 heavy (non-hydrogen) atoms. The van der Waals surface area contributed by atoms with Crippen LogP contribution in [0, 0.1) is 13.8 Å². The van der Waals surface area contributed by atoms with Gasteiger partial charge >= 0.3 is 24.7 Å². The summed E-state index contributed by atoms with van der Waals surface area (Å²) in [6.07, 6.45) is -2.40. The van der Waals surface area contributed by atoms with E-state index in [1.807, 2.05) is 222 Å². The number of aromatic nitrogens is 4. The number of epoxide rings is 4. The van der Waals surface area contributed by atoms with Crippen molar-refractivity contribution in [1.82, 2.24) is 20.4 Å².